The third kappa shape index (κ3) is 5.50. The van der Waals surface area contributed by atoms with Crippen molar-refractivity contribution < 1.29 is 4.79 Å². The van der Waals surface area contributed by atoms with E-state index in [2.05, 4.69) is 63.6 Å². The highest BCUT2D eigenvalue weighted by molar-refractivity contribution is 6.30. The first-order valence-corrected chi connectivity index (χ1v) is 11.5. The van der Waals surface area contributed by atoms with Crippen molar-refractivity contribution in [2.45, 2.75) is 25.4 Å². The first kappa shape index (κ1) is 22.4. The van der Waals surface area contributed by atoms with E-state index in [0.717, 1.165) is 25.1 Å². The topological polar surface area (TPSA) is 35.6 Å². The molecule has 1 unspecified atom stereocenters. The standard InChI is InChI=1S/C27H30ClN3O/c1-30(2)25-13-9-22(10-14-25)26(31-16-15-21-5-3-4-6-23(21)19-31)18-29-27(32)17-20-7-11-24(28)12-8-20/h3-14,26H,15-19H2,1-2H3,(H,29,32). The van der Waals surface area contributed by atoms with Crippen LogP contribution in [0.15, 0.2) is 72.8 Å². The summed E-state index contributed by atoms with van der Waals surface area (Å²) >= 11 is 5.96. The molecule has 1 atom stereocenters. The molecule has 0 aliphatic carbocycles. The van der Waals surface area contributed by atoms with Gasteiger partial charge in [-0.05, 0) is 52.9 Å². The van der Waals surface area contributed by atoms with Crippen LogP contribution < -0.4 is 10.2 Å². The maximum Gasteiger partial charge on any atom is 0.224 e. The van der Waals surface area contributed by atoms with Gasteiger partial charge in [-0.2, -0.15) is 0 Å². The van der Waals surface area contributed by atoms with E-state index in [1.54, 1.807) is 0 Å². The summed E-state index contributed by atoms with van der Waals surface area (Å²) in [7, 11) is 4.09. The average molecular weight is 448 g/mol. The molecule has 0 aromatic heterocycles. The van der Waals surface area contributed by atoms with E-state index in [4.69, 9.17) is 11.6 Å². The van der Waals surface area contributed by atoms with Gasteiger partial charge in [0.25, 0.3) is 0 Å². The van der Waals surface area contributed by atoms with Gasteiger partial charge < -0.3 is 10.2 Å². The molecule has 0 spiro atoms. The molecule has 4 nitrogen and oxygen atoms in total. The smallest absolute Gasteiger partial charge is 0.224 e. The first-order chi connectivity index (χ1) is 15.5. The minimum absolute atomic E-state index is 0.0274. The number of fused-ring (bicyclic) bond motifs is 1. The Hall–Kier alpha value is -2.82. The molecule has 32 heavy (non-hydrogen) atoms. The second-order valence-electron chi connectivity index (χ2n) is 8.60. The van der Waals surface area contributed by atoms with Crippen molar-refractivity contribution in [1.29, 1.82) is 0 Å². The summed E-state index contributed by atoms with van der Waals surface area (Å²) in [4.78, 5) is 17.3. The molecule has 0 saturated heterocycles. The number of benzene rings is 3. The van der Waals surface area contributed by atoms with E-state index < -0.39 is 0 Å². The van der Waals surface area contributed by atoms with Crippen LogP contribution in [0, 0.1) is 0 Å². The maximum atomic E-state index is 12.7. The highest BCUT2D eigenvalue weighted by Gasteiger charge is 2.25. The van der Waals surface area contributed by atoms with Gasteiger partial charge in [-0.25, -0.2) is 0 Å². The zero-order chi connectivity index (χ0) is 22.5. The van der Waals surface area contributed by atoms with E-state index in [-0.39, 0.29) is 11.9 Å². The molecule has 5 heteroatoms. The van der Waals surface area contributed by atoms with Gasteiger partial charge in [-0.1, -0.05) is 60.1 Å². The van der Waals surface area contributed by atoms with Crippen molar-refractivity contribution >= 4 is 23.2 Å². The molecule has 1 amide bonds. The van der Waals surface area contributed by atoms with E-state index in [1.165, 1.54) is 22.4 Å². The number of carbonyl (C=O) groups is 1. The minimum atomic E-state index is 0.0274. The van der Waals surface area contributed by atoms with Crippen molar-refractivity contribution in [2.24, 2.45) is 0 Å². The number of anilines is 1. The van der Waals surface area contributed by atoms with Gasteiger partial charge in [-0.15, -0.1) is 0 Å². The van der Waals surface area contributed by atoms with Gasteiger partial charge in [0.05, 0.1) is 12.5 Å². The van der Waals surface area contributed by atoms with Crippen LogP contribution in [-0.2, 0) is 24.2 Å². The Morgan fingerprint density at radius 3 is 2.38 bits per heavy atom. The summed E-state index contributed by atoms with van der Waals surface area (Å²) in [5, 5.41) is 3.86. The first-order valence-electron chi connectivity index (χ1n) is 11.1. The lowest BCUT2D eigenvalue weighted by Crippen LogP contribution is -2.41. The number of halogens is 1. The number of hydrogen-bond acceptors (Lipinski definition) is 3. The van der Waals surface area contributed by atoms with Gasteiger partial charge in [-0.3, -0.25) is 9.69 Å². The average Bonchev–Trinajstić information content (AvgIpc) is 2.81. The van der Waals surface area contributed by atoms with Crippen LogP contribution in [0.25, 0.3) is 0 Å². The molecular weight excluding hydrogens is 418 g/mol. The van der Waals surface area contributed by atoms with Crippen molar-refractivity contribution in [1.82, 2.24) is 10.2 Å². The fourth-order valence-corrected chi connectivity index (χ4v) is 4.42. The molecule has 0 radical (unpaired) electrons. The lowest BCUT2D eigenvalue weighted by Gasteiger charge is -2.36. The van der Waals surface area contributed by atoms with Crippen molar-refractivity contribution in [3.05, 3.63) is 100 Å². The van der Waals surface area contributed by atoms with Crippen molar-refractivity contribution in [3.8, 4) is 0 Å². The highest BCUT2D eigenvalue weighted by Crippen LogP contribution is 2.28. The fraction of sp³-hybridized carbons (Fsp3) is 0.296. The Kier molecular flexibility index (Phi) is 7.13. The Labute approximate surface area is 195 Å². The molecule has 0 bridgehead atoms. The predicted molar refractivity (Wildman–Crippen MR) is 132 cm³/mol. The number of hydrogen-bond donors (Lipinski definition) is 1. The van der Waals surface area contributed by atoms with Crippen LogP contribution in [0.5, 0.6) is 0 Å². The van der Waals surface area contributed by atoms with Crippen molar-refractivity contribution in [2.75, 3.05) is 32.1 Å². The molecule has 4 rings (SSSR count). The van der Waals surface area contributed by atoms with Crippen LogP contribution in [-0.4, -0.2) is 38.0 Å². The molecule has 1 N–H and O–H groups in total. The summed E-state index contributed by atoms with van der Waals surface area (Å²) < 4.78 is 0. The zero-order valence-electron chi connectivity index (χ0n) is 18.7. The van der Waals surface area contributed by atoms with Gasteiger partial charge >= 0.3 is 0 Å². The van der Waals surface area contributed by atoms with E-state index in [0.29, 0.717) is 18.0 Å². The van der Waals surface area contributed by atoms with Crippen LogP contribution in [0.1, 0.15) is 28.3 Å². The second-order valence-corrected chi connectivity index (χ2v) is 9.03. The molecule has 0 fully saturated rings. The van der Waals surface area contributed by atoms with E-state index in [9.17, 15) is 4.79 Å². The third-order valence-corrected chi connectivity index (χ3v) is 6.42. The number of carbonyl (C=O) groups excluding carboxylic acids is 1. The normalized spacial score (nSPS) is 14.5. The number of nitrogens with zero attached hydrogens (tertiary/aromatic N) is 2. The minimum Gasteiger partial charge on any atom is -0.378 e. The molecular formula is C27H30ClN3O. The monoisotopic (exact) mass is 447 g/mol. The van der Waals surface area contributed by atoms with Crippen molar-refractivity contribution in [3.63, 3.8) is 0 Å². The van der Waals surface area contributed by atoms with Crippen LogP contribution in [0.4, 0.5) is 5.69 Å². The summed E-state index contributed by atoms with van der Waals surface area (Å²) in [6.07, 6.45) is 1.38. The number of rotatable bonds is 7. The Bertz CT molecular complexity index is 1050. The molecule has 3 aromatic rings. The second kappa shape index (κ2) is 10.2. The SMILES string of the molecule is CN(C)c1ccc(C(CNC(=O)Cc2ccc(Cl)cc2)N2CCc3ccccc3C2)cc1. The number of amides is 1. The molecule has 0 saturated carbocycles. The lowest BCUT2D eigenvalue weighted by atomic mass is 9.96. The largest absolute Gasteiger partial charge is 0.378 e. The van der Waals surface area contributed by atoms with Gasteiger partial charge in [0.1, 0.15) is 0 Å². The quantitative estimate of drug-likeness (QED) is 0.561. The Morgan fingerprint density at radius 1 is 1.00 bits per heavy atom. The summed E-state index contributed by atoms with van der Waals surface area (Å²) in [6, 6.07) is 24.9. The molecule has 166 valence electrons. The summed E-state index contributed by atoms with van der Waals surface area (Å²) in [6.45, 7) is 2.45. The molecule has 3 aromatic carbocycles. The van der Waals surface area contributed by atoms with Crippen LogP contribution >= 0.6 is 11.6 Å². The fourth-order valence-electron chi connectivity index (χ4n) is 4.30. The van der Waals surface area contributed by atoms with Gasteiger partial charge in [0.15, 0.2) is 0 Å². The van der Waals surface area contributed by atoms with Crippen LogP contribution in [0.3, 0.4) is 0 Å². The van der Waals surface area contributed by atoms with E-state index in [1.807, 2.05) is 38.4 Å². The van der Waals surface area contributed by atoms with E-state index >= 15 is 0 Å². The summed E-state index contributed by atoms with van der Waals surface area (Å²) in [5.41, 5.74) is 6.16. The van der Waals surface area contributed by atoms with Gasteiger partial charge in [0.2, 0.25) is 5.91 Å². The number of nitrogens with one attached hydrogen (secondary N) is 1. The zero-order valence-corrected chi connectivity index (χ0v) is 19.5. The highest BCUT2D eigenvalue weighted by atomic mass is 35.5. The molecule has 1 aliphatic heterocycles. The molecule has 1 aliphatic rings. The third-order valence-electron chi connectivity index (χ3n) is 6.17. The maximum absolute atomic E-state index is 12.7. The molecule has 1 heterocycles. The lowest BCUT2D eigenvalue weighted by molar-refractivity contribution is -0.120. The van der Waals surface area contributed by atoms with Gasteiger partial charge in [0, 0.05) is 44.4 Å². The Morgan fingerprint density at radius 2 is 1.69 bits per heavy atom. The predicted octanol–water partition coefficient (Wildman–Crippen LogP) is 4.86. The summed E-state index contributed by atoms with van der Waals surface area (Å²) in [5.74, 6) is 0.0274. The van der Waals surface area contributed by atoms with Crippen LogP contribution in [0.2, 0.25) is 5.02 Å². The Balaban J connectivity index is 1.49.